The van der Waals surface area contributed by atoms with Crippen LogP contribution < -0.4 is 5.73 Å². The van der Waals surface area contributed by atoms with E-state index in [0.29, 0.717) is 0 Å². The molecule has 1 atom stereocenters. The summed E-state index contributed by atoms with van der Waals surface area (Å²) in [6, 6.07) is 2.15. The summed E-state index contributed by atoms with van der Waals surface area (Å²) in [6.45, 7) is 7.83. The van der Waals surface area contributed by atoms with E-state index in [-0.39, 0.29) is 0 Å². The third kappa shape index (κ3) is 4.96. The Labute approximate surface area is 99.6 Å². The van der Waals surface area contributed by atoms with Crippen molar-refractivity contribution in [3.8, 4) is 6.07 Å². The topological polar surface area (TPSA) is 53.0 Å². The van der Waals surface area contributed by atoms with Gasteiger partial charge in [0, 0.05) is 0 Å². The van der Waals surface area contributed by atoms with Crippen LogP contribution in [0.15, 0.2) is 0 Å². The number of likely N-dealkylation sites (tertiary alicyclic amines) is 1. The Morgan fingerprint density at radius 2 is 2.00 bits per heavy atom. The molecule has 3 nitrogen and oxygen atoms in total. The first-order valence-corrected chi connectivity index (χ1v) is 6.46. The molecule has 0 radical (unpaired) electrons. The van der Waals surface area contributed by atoms with E-state index in [4.69, 9.17) is 11.0 Å². The number of piperidine rings is 1. The van der Waals surface area contributed by atoms with Crippen LogP contribution in [-0.2, 0) is 0 Å². The number of nitriles is 1. The van der Waals surface area contributed by atoms with Crippen molar-refractivity contribution in [2.75, 3.05) is 19.6 Å². The van der Waals surface area contributed by atoms with E-state index in [0.717, 1.165) is 18.8 Å². The Hall–Kier alpha value is -0.590. The van der Waals surface area contributed by atoms with Gasteiger partial charge in [-0.25, -0.2) is 0 Å². The fraction of sp³-hybridized carbons (Fsp3) is 0.923. The monoisotopic (exact) mass is 223 g/mol. The molecule has 1 saturated heterocycles. The molecule has 0 aromatic heterocycles. The molecule has 0 aliphatic carbocycles. The lowest BCUT2D eigenvalue weighted by atomic mass is 9.97. The Balaban J connectivity index is 2.06. The van der Waals surface area contributed by atoms with Gasteiger partial charge in [0.2, 0.25) is 0 Å². The van der Waals surface area contributed by atoms with Crippen LogP contribution in [0.3, 0.4) is 0 Å². The van der Waals surface area contributed by atoms with Gasteiger partial charge in [-0.15, -0.1) is 0 Å². The minimum Gasteiger partial charge on any atom is -0.314 e. The third-order valence-electron chi connectivity index (χ3n) is 3.55. The maximum atomic E-state index is 8.79. The second-order valence-electron chi connectivity index (χ2n) is 5.51. The Morgan fingerprint density at radius 3 is 2.56 bits per heavy atom. The summed E-state index contributed by atoms with van der Waals surface area (Å²) in [7, 11) is 0. The van der Waals surface area contributed by atoms with Gasteiger partial charge in [-0.05, 0) is 64.6 Å². The quantitative estimate of drug-likeness (QED) is 0.726. The van der Waals surface area contributed by atoms with Crippen molar-refractivity contribution < 1.29 is 0 Å². The highest BCUT2D eigenvalue weighted by Gasteiger charge is 2.18. The normalized spacial score (nSPS) is 22.6. The fourth-order valence-corrected chi connectivity index (χ4v) is 2.17. The minimum absolute atomic E-state index is 0.629. The summed E-state index contributed by atoms with van der Waals surface area (Å²) in [6.07, 6.45) is 5.73. The molecule has 0 aromatic carbocycles. The Kier molecular flexibility index (Phi) is 5.24. The van der Waals surface area contributed by atoms with E-state index in [2.05, 4.69) is 17.9 Å². The maximum absolute atomic E-state index is 8.79. The highest BCUT2D eigenvalue weighted by molar-refractivity contribution is 5.00. The molecule has 1 aliphatic rings. The molecule has 0 aromatic rings. The Morgan fingerprint density at radius 1 is 1.38 bits per heavy atom. The molecule has 92 valence electrons. The first-order chi connectivity index (χ1) is 7.53. The Bertz CT molecular complexity index is 234. The number of hydrogen-bond acceptors (Lipinski definition) is 3. The molecule has 0 bridgehead atoms. The van der Waals surface area contributed by atoms with Crippen LogP contribution in [0, 0.1) is 17.2 Å². The van der Waals surface area contributed by atoms with Crippen LogP contribution in [0.1, 0.15) is 46.0 Å². The smallest absolute Gasteiger partial charge is 0.101 e. The summed E-state index contributed by atoms with van der Waals surface area (Å²) < 4.78 is 0. The van der Waals surface area contributed by atoms with E-state index >= 15 is 0 Å². The average molecular weight is 223 g/mol. The molecule has 1 heterocycles. The number of hydrogen-bond donors (Lipinski definition) is 1. The average Bonchev–Trinajstić information content (AvgIpc) is 2.27. The van der Waals surface area contributed by atoms with Crippen LogP contribution in [0.5, 0.6) is 0 Å². The molecule has 1 unspecified atom stereocenters. The molecule has 16 heavy (non-hydrogen) atoms. The number of unbranched alkanes of at least 4 members (excludes halogenated alkanes) is 1. The summed E-state index contributed by atoms with van der Waals surface area (Å²) >= 11 is 0. The van der Waals surface area contributed by atoms with Crippen LogP contribution in [0.25, 0.3) is 0 Å². The minimum atomic E-state index is -0.629. The lowest BCUT2D eigenvalue weighted by Crippen LogP contribution is -2.35. The molecule has 1 rings (SSSR count). The molecular formula is C13H25N3. The van der Waals surface area contributed by atoms with Crippen LogP contribution in [0.2, 0.25) is 0 Å². The van der Waals surface area contributed by atoms with E-state index in [1.165, 1.54) is 38.9 Å². The van der Waals surface area contributed by atoms with Crippen LogP contribution in [0.4, 0.5) is 0 Å². The first kappa shape index (κ1) is 13.5. The van der Waals surface area contributed by atoms with Crippen molar-refractivity contribution in [2.24, 2.45) is 11.7 Å². The molecular weight excluding hydrogens is 198 g/mol. The SMILES string of the molecule is CC1CCN(CCCCC(C)(N)C#N)CC1. The summed E-state index contributed by atoms with van der Waals surface area (Å²) in [4.78, 5) is 2.54. The molecule has 0 saturated carbocycles. The van der Waals surface area contributed by atoms with Crippen LogP contribution in [-0.4, -0.2) is 30.1 Å². The van der Waals surface area contributed by atoms with Gasteiger partial charge in [-0.1, -0.05) is 6.92 Å². The highest BCUT2D eigenvalue weighted by Crippen LogP contribution is 2.17. The molecule has 2 N–H and O–H groups in total. The molecule has 1 fully saturated rings. The molecule has 3 heteroatoms. The maximum Gasteiger partial charge on any atom is 0.101 e. The van der Waals surface area contributed by atoms with Crippen molar-refractivity contribution in [3.63, 3.8) is 0 Å². The van der Waals surface area contributed by atoms with Crippen molar-refractivity contribution in [3.05, 3.63) is 0 Å². The van der Waals surface area contributed by atoms with Crippen molar-refractivity contribution >= 4 is 0 Å². The van der Waals surface area contributed by atoms with Gasteiger partial charge in [0.05, 0.1) is 6.07 Å². The van der Waals surface area contributed by atoms with Gasteiger partial charge in [-0.3, -0.25) is 0 Å². The number of rotatable bonds is 5. The van der Waals surface area contributed by atoms with Crippen molar-refractivity contribution in [1.29, 1.82) is 5.26 Å². The summed E-state index contributed by atoms with van der Waals surface area (Å²) in [5.41, 5.74) is 5.15. The zero-order valence-electron chi connectivity index (χ0n) is 10.7. The standard InChI is InChI=1S/C13H25N3/c1-12-5-9-16(10-6-12)8-4-3-7-13(2,15)11-14/h12H,3-10,15H2,1-2H3. The van der Waals surface area contributed by atoms with Gasteiger partial charge >= 0.3 is 0 Å². The van der Waals surface area contributed by atoms with E-state index in [9.17, 15) is 0 Å². The first-order valence-electron chi connectivity index (χ1n) is 6.46. The zero-order valence-corrected chi connectivity index (χ0v) is 10.7. The predicted octanol–water partition coefficient (Wildman–Crippen LogP) is 2.13. The van der Waals surface area contributed by atoms with Crippen molar-refractivity contribution in [2.45, 2.75) is 51.5 Å². The van der Waals surface area contributed by atoms with Gasteiger partial charge in [0.1, 0.15) is 5.54 Å². The summed E-state index contributed by atoms with van der Waals surface area (Å²) in [5.74, 6) is 0.905. The molecule has 0 spiro atoms. The lowest BCUT2D eigenvalue weighted by molar-refractivity contribution is 0.188. The van der Waals surface area contributed by atoms with E-state index in [1.54, 1.807) is 0 Å². The zero-order chi connectivity index (χ0) is 12.0. The van der Waals surface area contributed by atoms with Gasteiger partial charge in [0.15, 0.2) is 0 Å². The highest BCUT2D eigenvalue weighted by atomic mass is 15.1. The molecule has 1 aliphatic heterocycles. The second-order valence-corrected chi connectivity index (χ2v) is 5.51. The summed E-state index contributed by atoms with van der Waals surface area (Å²) in [5, 5.41) is 8.79. The number of nitrogens with two attached hydrogens (primary N) is 1. The lowest BCUT2D eigenvalue weighted by Gasteiger charge is -2.30. The number of nitrogens with zero attached hydrogens (tertiary/aromatic N) is 2. The predicted molar refractivity (Wildman–Crippen MR) is 66.9 cm³/mol. The van der Waals surface area contributed by atoms with Gasteiger partial charge in [0.25, 0.3) is 0 Å². The van der Waals surface area contributed by atoms with E-state index < -0.39 is 5.54 Å². The third-order valence-corrected chi connectivity index (χ3v) is 3.55. The molecule has 0 amide bonds. The van der Waals surface area contributed by atoms with E-state index in [1.807, 2.05) is 6.92 Å². The van der Waals surface area contributed by atoms with Gasteiger partial charge in [-0.2, -0.15) is 5.26 Å². The fourth-order valence-electron chi connectivity index (χ4n) is 2.17. The van der Waals surface area contributed by atoms with Crippen molar-refractivity contribution in [1.82, 2.24) is 4.90 Å². The second kappa shape index (κ2) is 6.22. The largest absolute Gasteiger partial charge is 0.314 e. The van der Waals surface area contributed by atoms with Crippen LogP contribution >= 0.6 is 0 Å². The van der Waals surface area contributed by atoms with Gasteiger partial charge < -0.3 is 10.6 Å².